The van der Waals surface area contributed by atoms with Crippen LogP contribution in [-0.4, -0.2) is 17.8 Å². The molecule has 0 saturated heterocycles. The molecule has 0 heterocycles. The smallest absolute Gasteiger partial charge is 0.148 e. The van der Waals surface area contributed by atoms with E-state index in [-0.39, 0.29) is 6.61 Å². The highest BCUT2D eigenvalue weighted by atomic mass is 16.5. The van der Waals surface area contributed by atoms with Gasteiger partial charge in [-0.2, -0.15) is 0 Å². The highest BCUT2D eigenvalue weighted by molar-refractivity contribution is 5.26. The van der Waals surface area contributed by atoms with Gasteiger partial charge in [-0.25, -0.2) is 0 Å². The van der Waals surface area contributed by atoms with Crippen molar-refractivity contribution in [2.45, 2.75) is 19.4 Å². The summed E-state index contributed by atoms with van der Waals surface area (Å²) in [7, 11) is 0. The molecule has 64 valence electrons. The highest BCUT2D eigenvalue weighted by Crippen LogP contribution is 2.19. The van der Waals surface area contributed by atoms with Crippen LogP contribution < -0.4 is 0 Å². The van der Waals surface area contributed by atoms with Crippen LogP contribution in [0.25, 0.3) is 0 Å². The van der Waals surface area contributed by atoms with E-state index in [0.29, 0.717) is 12.2 Å². The standard InChI is InChI=1S/C10H12O2/c1-3-7-12-10-6-4-5-9(11)8(10)2/h1,4,6,9,11H,5,7H2,2H3. The van der Waals surface area contributed by atoms with Gasteiger partial charge in [0.1, 0.15) is 12.4 Å². The van der Waals surface area contributed by atoms with Gasteiger partial charge in [-0.15, -0.1) is 6.42 Å². The first kappa shape index (κ1) is 8.89. The van der Waals surface area contributed by atoms with Crippen LogP contribution in [0.15, 0.2) is 23.5 Å². The third-order valence-corrected chi connectivity index (χ3v) is 1.83. The van der Waals surface area contributed by atoms with Crippen LogP contribution in [0.5, 0.6) is 0 Å². The van der Waals surface area contributed by atoms with Crippen molar-refractivity contribution in [2.24, 2.45) is 0 Å². The molecule has 2 nitrogen and oxygen atoms in total. The average molecular weight is 164 g/mol. The SMILES string of the molecule is C#CCOC1=C(C)C(O)CC=C1. The maximum absolute atomic E-state index is 9.41. The van der Waals surface area contributed by atoms with E-state index in [1.807, 2.05) is 19.1 Å². The summed E-state index contributed by atoms with van der Waals surface area (Å²) in [5.74, 6) is 3.08. The molecule has 1 aliphatic carbocycles. The average Bonchev–Trinajstić information content (AvgIpc) is 2.08. The molecule has 0 amide bonds. The van der Waals surface area contributed by atoms with Gasteiger partial charge >= 0.3 is 0 Å². The molecule has 0 spiro atoms. The molecule has 2 heteroatoms. The molecule has 0 aliphatic heterocycles. The zero-order valence-corrected chi connectivity index (χ0v) is 7.08. The first-order valence-corrected chi connectivity index (χ1v) is 3.87. The van der Waals surface area contributed by atoms with Crippen molar-refractivity contribution in [1.82, 2.24) is 0 Å². The van der Waals surface area contributed by atoms with E-state index in [1.165, 1.54) is 0 Å². The Morgan fingerprint density at radius 3 is 3.25 bits per heavy atom. The number of hydrogen-bond donors (Lipinski definition) is 1. The Hall–Kier alpha value is -1.20. The molecule has 1 aliphatic rings. The minimum atomic E-state index is -0.414. The van der Waals surface area contributed by atoms with E-state index < -0.39 is 6.10 Å². The van der Waals surface area contributed by atoms with E-state index in [1.54, 1.807) is 0 Å². The van der Waals surface area contributed by atoms with Gasteiger partial charge in [-0.05, 0) is 25.0 Å². The van der Waals surface area contributed by atoms with E-state index >= 15 is 0 Å². The molecule has 0 bridgehead atoms. The molecule has 1 rings (SSSR count). The summed E-state index contributed by atoms with van der Waals surface area (Å²) < 4.78 is 5.21. The van der Waals surface area contributed by atoms with Crippen molar-refractivity contribution < 1.29 is 9.84 Å². The lowest BCUT2D eigenvalue weighted by atomic mass is 10.0. The Kier molecular flexibility index (Phi) is 2.95. The lowest BCUT2D eigenvalue weighted by Crippen LogP contribution is -2.13. The number of aliphatic hydroxyl groups is 1. The Morgan fingerprint density at radius 2 is 2.58 bits per heavy atom. The minimum absolute atomic E-state index is 0.254. The number of aliphatic hydroxyl groups excluding tert-OH is 1. The highest BCUT2D eigenvalue weighted by Gasteiger charge is 2.13. The fraction of sp³-hybridized carbons (Fsp3) is 0.400. The van der Waals surface area contributed by atoms with Crippen LogP contribution in [0, 0.1) is 12.3 Å². The van der Waals surface area contributed by atoms with E-state index in [0.717, 1.165) is 5.57 Å². The molecule has 0 saturated carbocycles. The van der Waals surface area contributed by atoms with Gasteiger partial charge in [0.2, 0.25) is 0 Å². The Labute approximate surface area is 72.5 Å². The first-order chi connectivity index (χ1) is 5.75. The number of hydrogen-bond acceptors (Lipinski definition) is 2. The summed E-state index contributed by atoms with van der Waals surface area (Å²) in [5, 5.41) is 9.41. The molecule has 0 radical (unpaired) electrons. The van der Waals surface area contributed by atoms with Crippen LogP contribution in [0.1, 0.15) is 13.3 Å². The van der Waals surface area contributed by atoms with Crippen molar-refractivity contribution in [2.75, 3.05) is 6.61 Å². The molecule has 1 unspecified atom stereocenters. The van der Waals surface area contributed by atoms with Crippen molar-refractivity contribution in [1.29, 1.82) is 0 Å². The fourth-order valence-corrected chi connectivity index (χ4v) is 1.06. The number of allylic oxidation sites excluding steroid dienone is 1. The molecule has 12 heavy (non-hydrogen) atoms. The topological polar surface area (TPSA) is 29.5 Å². The summed E-state index contributed by atoms with van der Waals surface area (Å²) >= 11 is 0. The third-order valence-electron chi connectivity index (χ3n) is 1.83. The van der Waals surface area contributed by atoms with Crippen molar-refractivity contribution in [3.05, 3.63) is 23.5 Å². The van der Waals surface area contributed by atoms with Crippen LogP contribution in [-0.2, 0) is 4.74 Å². The molecule has 1 atom stereocenters. The normalized spacial score (nSPS) is 22.2. The minimum Gasteiger partial charge on any atom is -0.481 e. The Balaban J connectivity index is 2.67. The summed E-state index contributed by atoms with van der Waals surface area (Å²) in [6.45, 7) is 2.10. The quantitative estimate of drug-likeness (QED) is 0.622. The Morgan fingerprint density at radius 1 is 1.83 bits per heavy atom. The van der Waals surface area contributed by atoms with E-state index in [9.17, 15) is 5.11 Å². The predicted octanol–water partition coefficient (Wildman–Crippen LogP) is 1.23. The van der Waals surface area contributed by atoms with Crippen molar-refractivity contribution in [3.8, 4) is 12.3 Å². The molecule has 0 aromatic rings. The molecule has 1 N–H and O–H groups in total. The zero-order chi connectivity index (χ0) is 8.97. The summed E-state index contributed by atoms with van der Waals surface area (Å²) in [6.07, 6.45) is 9.01. The molecule has 0 aromatic carbocycles. The zero-order valence-electron chi connectivity index (χ0n) is 7.08. The van der Waals surface area contributed by atoms with Gasteiger partial charge in [0, 0.05) is 0 Å². The monoisotopic (exact) mass is 164 g/mol. The maximum atomic E-state index is 9.41. The summed E-state index contributed by atoms with van der Waals surface area (Å²) in [6, 6.07) is 0. The van der Waals surface area contributed by atoms with E-state index in [4.69, 9.17) is 11.2 Å². The third kappa shape index (κ3) is 1.90. The predicted molar refractivity (Wildman–Crippen MR) is 47.2 cm³/mol. The molecular weight excluding hydrogens is 152 g/mol. The summed E-state index contributed by atoms with van der Waals surface area (Å²) in [5.41, 5.74) is 0.854. The first-order valence-electron chi connectivity index (χ1n) is 3.87. The van der Waals surface area contributed by atoms with Crippen LogP contribution in [0.2, 0.25) is 0 Å². The fourth-order valence-electron chi connectivity index (χ4n) is 1.06. The van der Waals surface area contributed by atoms with Gasteiger partial charge < -0.3 is 9.84 Å². The van der Waals surface area contributed by atoms with Crippen molar-refractivity contribution >= 4 is 0 Å². The van der Waals surface area contributed by atoms with Gasteiger partial charge in [0.25, 0.3) is 0 Å². The summed E-state index contributed by atoms with van der Waals surface area (Å²) in [4.78, 5) is 0. The van der Waals surface area contributed by atoms with Gasteiger partial charge in [0.15, 0.2) is 0 Å². The van der Waals surface area contributed by atoms with Crippen LogP contribution >= 0.6 is 0 Å². The largest absolute Gasteiger partial charge is 0.481 e. The lowest BCUT2D eigenvalue weighted by Gasteiger charge is -2.17. The second-order valence-corrected chi connectivity index (χ2v) is 2.69. The van der Waals surface area contributed by atoms with Crippen LogP contribution in [0.4, 0.5) is 0 Å². The van der Waals surface area contributed by atoms with Gasteiger partial charge in [-0.1, -0.05) is 12.0 Å². The van der Waals surface area contributed by atoms with Crippen molar-refractivity contribution in [3.63, 3.8) is 0 Å². The number of rotatable bonds is 2. The number of terminal acetylenes is 1. The molecular formula is C10H12O2. The van der Waals surface area contributed by atoms with E-state index in [2.05, 4.69) is 5.92 Å². The second-order valence-electron chi connectivity index (χ2n) is 2.69. The van der Waals surface area contributed by atoms with Crippen LogP contribution in [0.3, 0.4) is 0 Å². The molecule has 0 aromatic heterocycles. The molecule has 0 fully saturated rings. The second kappa shape index (κ2) is 3.99. The van der Waals surface area contributed by atoms with Gasteiger partial charge in [-0.3, -0.25) is 0 Å². The Bertz CT molecular complexity index is 256. The number of ether oxygens (including phenoxy) is 1. The lowest BCUT2D eigenvalue weighted by molar-refractivity contribution is 0.190. The van der Waals surface area contributed by atoms with Gasteiger partial charge in [0.05, 0.1) is 6.10 Å². The maximum Gasteiger partial charge on any atom is 0.148 e.